The van der Waals surface area contributed by atoms with Crippen LogP contribution in [0.15, 0.2) is 34.4 Å². The predicted octanol–water partition coefficient (Wildman–Crippen LogP) is 2.46. The smallest absolute Gasteiger partial charge is 0.278 e. The van der Waals surface area contributed by atoms with Gasteiger partial charge >= 0.3 is 0 Å². The van der Waals surface area contributed by atoms with E-state index in [1.165, 1.54) is 5.57 Å². The standard InChI is InChI=1S/C17H22N4O2S/c1-5-23-10-6-11-9(2)8-17(3,4)19-13(11)12(7-10)14-15(22)18-16(24)21-20-14/h6-8,11,13,19H,5H2,1-4H3,(H2,18,21,22,24). The summed E-state index contributed by atoms with van der Waals surface area (Å²) in [5, 5.41) is 10.5. The minimum atomic E-state index is -0.298. The van der Waals surface area contributed by atoms with E-state index in [1.54, 1.807) is 0 Å². The molecule has 24 heavy (non-hydrogen) atoms. The summed E-state index contributed by atoms with van der Waals surface area (Å²) in [5.74, 6) is 0.871. The molecule has 2 unspecified atom stereocenters. The lowest BCUT2D eigenvalue weighted by Crippen LogP contribution is -2.53. The lowest BCUT2D eigenvalue weighted by molar-refractivity contribution is 0.235. The highest BCUT2D eigenvalue weighted by atomic mass is 32.1. The molecule has 0 fully saturated rings. The second-order valence-corrected chi connectivity index (χ2v) is 7.12. The van der Waals surface area contributed by atoms with Crippen LogP contribution in [-0.4, -0.2) is 33.4 Å². The zero-order valence-corrected chi connectivity index (χ0v) is 15.1. The first-order valence-electron chi connectivity index (χ1n) is 8.03. The molecule has 1 aliphatic carbocycles. The quantitative estimate of drug-likeness (QED) is 0.578. The van der Waals surface area contributed by atoms with E-state index in [-0.39, 0.29) is 27.8 Å². The van der Waals surface area contributed by atoms with Crippen LogP contribution in [0.3, 0.4) is 0 Å². The zero-order valence-electron chi connectivity index (χ0n) is 14.3. The number of rotatable bonds is 3. The van der Waals surface area contributed by atoms with Gasteiger partial charge in [0.15, 0.2) is 10.5 Å². The van der Waals surface area contributed by atoms with E-state index in [9.17, 15) is 4.79 Å². The van der Waals surface area contributed by atoms with Crippen LogP contribution < -0.4 is 10.9 Å². The topological polar surface area (TPSA) is 82.8 Å². The third-order valence-electron chi connectivity index (χ3n) is 4.27. The monoisotopic (exact) mass is 346 g/mol. The van der Waals surface area contributed by atoms with Gasteiger partial charge in [-0.2, -0.15) is 5.10 Å². The van der Waals surface area contributed by atoms with Crippen molar-refractivity contribution in [2.45, 2.75) is 39.3 Å². The van der Waals surface area contributed by atoms with Gasteiger partial charge in [0, 0.05) is 23.1 Å². The van der Waals surface area contributed by atoms with Crippen molar-refractivity contribution in [1.29, 1.82) is 0 Å². The average Bonchev–Trinajstić information content (AvgIpc) is 2.47. The van der Waals surface area contributed by atoms with Crippen molar-refractivity contribution >= 4 is 17.8 Å². The summed E-state index contributed by atoms with van der Waals surface area (Å²) in [6, 6.07) is -0.0489. The van der Waals surface area contributed by atoms with Gasteiger partial charge in [-0.1, -0.05) is 11.6 Å². The number of allylic oxidation sites excluding steroid dienone is 1. The first kappa shape index (κ1) is 16.9. The van der Waals surface area contributed by atoms with E-state index in [1.807, 2.05) is 13.0 Å². The first-order chi connectivity index (χ1) is 11.3. The predicted molar refractivity (Wildman–Crippen MR) is 96.0 cm³/mol. The molecule has 0 amide bonds. The molecule has 0 saturated carbocycles. The molecule has 1 aromatic rings. The van der Waals surface area contributed by atoms with E-state index in [0.717, 1.165) is 11.3 Å². The Balaban J connectivity index is 2.15. The van der Waals surface area contributed by atoms with Crippen molar-refractivity contribution in [2.24, 2.45) is 5.92 Å². The van der Waals surface area contributed by atoms with Crippen molar-refractivity contribution in [3.05, 3.63) is 50.4 Å². The molecule has 0 radical (unpaired) electrons. The Kier molecular flexibility index (Phi) is 4.31. The van der Waals surface area contributed by atoms with Crippen molar-refractivity contribution in [1.82, 2.24) is 20.5 Å². The first-order valence-corrected chi connectivity index (χ1v) is 8.44. The van der Waals surface area contributed by atoms with Crippen LogP contribution in [-0.2, 0) is 4.74 Å². The van der Waals surface area contributed by atoms with Crippen LogP contribution >= 0.6 is 12.2 Å². The summed E-state index contributed by atoms with van der Waals surface area (Å²) in [7, 11) is 0. The second kappa shape index (κ2) is 6.14. The Hall–Kier alpha value is -1.99. The average molecular weight is 346 g/mol. The molecule has 0 saturated heterocycles. The fourth-order valence-electron chi connectivity index (χ4n) is 3.44. The molecular formula is C17H22N4O2S. The van der Waals surface area contributed by atoms with Gasteiger partial charge in [-0.15, -0.1) is 0 Å². The second-order valence-electron chi connectivity index (χ2n) is 6.72. The summed E-state index contributed by atoms with van der Waals surface area (Å²) in [6.07, 6.45) is 6.21. The van der Waals surface area contributed by atoms with E-state index in [4.69, 9.17) is 17.0 Å². The number of H-pyrrole nitrogens is 2. The van der Waals surface area contributed by atoms with Crippen LogP contribution in [0.25, 0.3) is 5.57 Å². The Bertz CT molecular complexity index is 860. The molecule has 2 aliphatic rings. The van der Waals surface area contributed by atoms with E-state index < -0.39 is 0 Å². The van der Waals surface area contributed by atoms with E-state index in [0.29, 0.717) is 12.3 Å². The fourth-order valence-corrected chi connectivity index (χ4v) is 3.58. The molecule has 3 N–H and O–H groups in total. The normalized spacial score (nSPS) is 25.2. The molecule has 3 rings (SSSR count). The van der Waals surface area contributed by atoms with Crippen molar-refractivity contribution in [2.75, 3.05) is 6.61 Å². The maximum Gasteiger partial charge on any atom is 0.278 e. The van der Waals surface area contributed by atoms with Gasteiger partial charge in [0.25, 0.3) is 5.56 Å². The van der Waals surface area contributed by atoms with Crippen molar-refractivity contribution in [3.63, 3.8) is 0 Å². The number of hydrogen-bond acceptors (Lipinski definition) is 5. The zero-order chi connectivity index (χ0) is 17.5. The number of nitrogens with one attached hydrogen (secondary N) is 3. The molecular weight excluding hydrogens is 324 g/mol. The highest BCUT2D eigenvalue weighted by Gasteiger charge is 2.38. The Morgan fingerprint density at radius 3 is 2.83 bits per heavy atom. The SMILES string of the molecule is CCOC1=CC2C(C)=CC(C)(C)NC2C(c2n[nH]c(=S)[nH]c2=O)=C1. The third-order valence-corrected chi connectivity index (χ3v) is 4.47. The lowest BCUT2D eigenvalue weighted by Gasteiger charge is -2.42. The van der Waals surface area contributed by atoms with Crippen LogP contribution in [0.5, 0.6) is 0 Å². The molecule has 2 heterocycles. The van der Waals surface area contributed by atoms with Crippen LogP contribution in [0, 0.1) is 10.7 Å². The van der Waals surface area contributed by atoms with E-state index in [2.05, 4.69) is 53.4 Å². The minimum Gasteiger partial charge on any atom is -0.494 e. The molecule has 1 aliphatic heterocycles. The number of fused-ring (bicyclic) bond motifs is 1. The van der Waals surface area contributed by atoms with Gasteiger partial charge in [-0.3, -0.25) is 14.9 Å². The van der Waals surface area contributed by atoms with Crippen LogP contribution in [0.2, 0.25) is 0 Å². The number of ether oxygens (including phenoxy) is 1. The summed E-state index contributed by atoms with van der Waals surface area (Å²) >= 11 is 4.94. The van der Waals surface area contributed by atoms with Gasteiger partial charge in [0.2, 0.25) is 0 Å². The summed E-state index contributed by atoms with van der Waals surface area (Å²) in [6.45, 7) is 8.84. The van der Waals surface area contributed by atoms with Crippen LogP contribution in [0.1, 0.15) is 33.4 Å². The van der Waals surface area contributed by atoms with E-state index >= 15 is 0 Å². The largest absolute Gasteiger partial charge is 0.494 e. The molecule has 0 spiro atoms. The fraction of sp³-hybridized carbons (Fsp3) is 0.471. The Morgan fingerprint density at radius 1 is 1.42 bits per heavy atom. The van der Waals surface area contributed by atoms with Gasteiger partial charge in [-0.25, -0.2) is 0 Å². The summed E-state index contributed by atoms with van der Waals surface area (Å²) in [4.78, 5) is 15.0. The van der Waals surface area contributed by atoms with Gasteiger partial charge in [0.1, 0.15) is 5.76 Å². The molecule has 7 heteroatoms. The summed E-state index contributed by atoms with van der Waals surface area (Å²) < 4.78 is 5.92. The number of aromatic amines is 2. The highest BCUT2D eigenvalue weighted by Crippen LogP contribution is 2.37. The third kappa shape index (κ3) is 3.14. The minimum absolute atomic E-state index is 0.0489. The van der Waals surface area contributed by atoms with Crippen LogP contribution in [0.4, 0.5) is 0 Å². The number of hydrogen-bond donors (Lipinski definition) is 3. The lowest BCUT2D eigenvalue weighted by atomic mass is 9.76. The molecule has 0 aromatic carbocycles. The highest BCUT2D eigenvalue weighted by molar-refractivity contribution is 7.71. The molecule has 1 aromatic heterocycles. The number of aromatic nitrogens is 3. The van der Waals surface area contributed by atoms with Gasteiger partial charge < -0.3 is 10.1 Å². The maximum atomic E-state index is 12.4. The van der Waals surface area contributed by atoms with Gasteiger partial charge in [-0.05, 0) is 52.1 Å². The van der Waals surface area contributed by atoms with Gasteiger partial charge in [0.05, 0.1) is 6.61 Å². The van der Waals surface area contributed by atoms with Crippen molar-refractivity contribution < 1.29 is 4.74 Å². The number of nitrogens with zero attached hydrogens (tertiary/aromatic N) is 1. The molecule has 6 nitrogen and oxygen atoms in total. The molecule has 0 bridgehead atoms. The Morgan fingerprint density at radius 2 is 2.17 bits per heavy atom. The summed E-state index contributed by atoms with van der Waals surface area (Å²) in [5.41, 5.74) is 1.91. The maximum absolute atomic E-state index is 12.4. The molecule has 128 valence electrons. The Labute approximate surface area is 145 Å². The van der Waals surface area contributed by atoms with Crippen molar-refractivity contribution in [3.8, 4) is 0 Å². The molecule has 2 atom stereocenters.